The van der Waals surface area contributed by atoms with Gasteiger partial charge >= 0.3 is 30.2 Å². The molecule has 250 valence electrons. The van der Waals surface area contributed by atoms with Crippen LogP contribution >= 0.6 is 0 Å². The number of rotatable bonds is 3. The van der Waals surface area contributed by atoms with Crippen molar-refractivity contribution in [3.8, 4) is 33.4 Å². The van der Waals surface area contributed by atoms with Crippen LogP contribution in [0.2, 0.25) is 0 Å². The molecule has 0 N–H and O–H groups in total. The van der Waals surface area contributed by atoms with E-state index in [-0.39, 0.29) is 14.9 Å². The standard InChI is InChI=1S/C26H19.C21H17.2CH3.Si.Zr/c1-18-8-2-4-12-22(18)21-16-20-11-7-15-25(26(20)17-21)24-14-6-10-19-9-3-5-13-23(19)24;1-14-12-20-15(2)10-11-19(21(20)13-14)18-9-5-7-16-6-3-4-8-17(16)18;;;;/h2-17H,1H3;3-13H,1-2H3;2*1H3;;/q4*-1;;. The predicted octanol–water partition coefficient (Wildman–Crippen LogP) is 13.9. The quantitative estimate of drug-likeness (QED) is 0.125. The Bertz CT molecular complexity index is 2570. The molecule has 2 heteroatoms. The summed E-state index contributed by atoms with van der Waals surface area (Å²) in [4.78, 5) is 0. The topological polar surface area (TPSA) is 0 Å². The number of hydrogen-bond acceptors (Lipinski definition) is 0. The zero-order valence-corrected chi connectivity index (χ0v) is 33.5. The van der Waals surface area contributed by atoms with Crippen LogP contribution in [0.1, 0.15) is 16.7 Å². The van der Waals surface area contributed by atoms with Gasteiger partial charge in [0, 0.05) is 0 Å². The van der Waals surface area contributed by atoms with E-state index in [1.54, 1.807) is 0 Å². The van der Waals surface area contributed by atoms with Gasteiger partial charge in [-0.2, -0.15) is 6.07 Å². The second-order valence-electron chi connectivity index (χ2n) is 12.7. The fourth-order valence-corrected chi connectivity index (χ4v) is 7.27. The Kier molecular flexibility index (Phi) is 12.2. The molecule has 9 aromatic rings. The van der Waals surface area contributed by atoms with Crippen LogP contribution in [0.4, 0.5) is 0 Å². The predicted molar refractivity (Wildman–Crippen MR) is 223 cm³/mol. The Labute approximate surface area is 320 Å². The monoisotopic (exact) mass is 748 g/mol. The van der Waals surface area contributed by atoms with E-state index >= 15 is 0 Å². The Balaban J connectivity index is 0.000000185. The zero-order chi connectivity index (χ0) is 33.9. The number of fused-ring (bicyclic) bond motifs is 4. The van der Waals surface area contributed by atoms with Crippen LogP contribution in [0.3, 0.4) is 0 Å². The van der Waals surface area contributed by atoms with Crippen LogP contribution in [-0.4, -0.2) is 6.88 Å². The van der Waals surface area contributed by atoms with Crippen molar-refractivity contribution in [2.75, 3.05) is 0 Å². The third-order valence-corrected chi connectivity index (χ3v) is 9.62. The molecule has 0 aliphatic heterocycles. The van der Waals surface area contributed by atoms with Crippen molar-refractivity contribution < 1.29 is 23.3 Å². The Morgan fingerprint density at radius 3 is 1.53 bits per heavy atom. The Hall–Kier alpha value is -4.62. The summed E-state index contributed by atoms with van der Waals surface area (Å²) in [5, 5.41) is 10.6. The molecule has 0 saturated carbocycles. The second-order valence-corrected chi connectivity index (χ2v) is 12.7. The van der Waals surface area contributed by atoms with Gasteiger partial charge in [-0.25, -0.2) is 0 Å². The molecule has 0 saturated heterocycles. The minimum atomic E-state index is 0. The molecule has 0 aromatic heterocycles. The normalized spacial score (nSPS) is 10.5. The molecule has 9 rings (SSSR count). The van der Waals surface area contributed by atoms with Crippen LogP contribution in [0.25, 0.3) is 76.5 Å². The summed E-state index contributed by atoms with van der Waals surface area (Å²) in [5.74, 6) is 0. The van der Waals surface area contributed by atoms with Crippen LogP contribution < -0.4 is 0 Å². The number of benzene rings is 7. The van der Waals surface area contributed by atoms with Gasteiger partial charge in [-0.3, -0.25) is 0 Å². The van der Waals surface area contributed by atoms with E-state index in [1.807, 2.05) is 0 Å². The third kappa shape index (κ3) is 7.41. The maximum absolute atomic E-state index is 3.06. The van der Waals surface area contributed by atoms with E-state index in [0.717, 1.165) is 0 Å². The number of hydrogen-bond donors (Lipinski definition) is 0. The van der Waals surface area contributed by atoms with Gasteiger partial charge in [-0.15, -0.1) is 68.6 Å². The summed E-state index contributed by atoms with van der Waals surface area (Å²) in [6.45, 7) is 9.60. The first kappa shape index (κ1) is 37.6. The van der Waals surface area contributed by atoms with Gasteiger partial charge in [0.2, 0.25) is 0 Å². The van der Waals surface area contributed by atoms with Gasteiger partial charge in [0.25, 0.3) is 0 Å². The van der Waals surface area contributed by atoms with Gasteiger partial charge < -0.3 is 14.9 Å². The van der Waals surface area contributed by atoms with Crippen molar-refractivity contribution in [3.05, 3.63) is 195 Å². The van der Waals surface area contributed by atoms with Crippen molar-refractivity contribution in [1.29, 1.82) is 0 Å². The molecule has 9 aromatic carbocycles. The molecule has 0 atom stereocenters. The van der Waals surface area contributed by atoms with Crippen LogP contribution in [0, 0.1) is 35.6 Å². The summed E-state index contributed by atoms with van der Waals surface area (Å²) in [5.41, 5.74) is 11.9. The second kappa shape index (κ2) is 16.6. The van der Waals surface area contributed by atoms with Gasteiger partial charge in [0.05, 0.1) is 0 Å². The SMILES string of the molecule is Cc1cc2c(-c3cccc4ccccc34)ccc(C)c2[cH-]1.Cc1ccccc1-c1cc2c(-c3cccc4ccccc34)cccc2[cH-]1.[CH3-].[CH3-].[Si]=[Zr]. The summed E-state index contributed by atoms with van der Waals surface area (Å²) >= 11 is 1.36. The van der Waals surface area contributed by atoms with Gasteiger partial charge in [-0.05, 0) is 39.6 Å². The van der Waals surface area contributed by atoms with Gasteiger partial charge in [0.1, 0.15) is 0 Å². The maximum atomic E-state index is 3.06. The van der Waals surface area contributed by atoms with E-state index in [0.29, 0.717) is 0 Å². The Morgan fingerprint density at radius 1 is 0.412 bits per heavy atom. The van der Waals surface area contributed by atoms with E-state index < -0.39 is 0 Å². The summed E-state index contributed by atoms with van der Waals surface area (Å²) in [6, 6.07) is 59.4. The zero-order valence-electron chi connectivity index (χ0n) is 30.1. The van der Waals surface area contributed by atoms with Gasteiger partial charge in [0.15, 0.2) is 0 Å². The van der Waals surface area contributed by atoms with Crippen molar-refractivity contribution in [2.45, 2.75) is 20.8 Å². The molecule has 0 fully saturated rings. The molecular formula is C49H42SiZr-4. The molecule has 0 bridgehead atoms. The molecule has 0 heterocycles. The van der Waals surface area contributed by atoms with Crippen molar-refractivity contribution in [3.63, 3.8) is 0 Å². The molecule has 0 aliphatic rings. The summed E-state index contributed by atoms with van der Waals surface area (Å²) in [7, 11) is 0. The van der Waals surface area contributed by atoms with E-state index in [4.69, 9.17) is 0 Å². The molecule has 0 nitrogen and oxygen atoms in total. The molecule has 0 amide bonds. The molecule has 51 heavy (non-hydrogen) atoms. The van der Waals surface area contributed by atoms with Gasteiger partial charge in [-0.1, -0.05) is 163 Å². The van der Waals surface area contributed by atoms with Crippen LogP contribution in [0.5, 0.6) is 0 Å². The molecule has 0 aliphatic carbocycles. The van der Waals surface area contributed by atoms with Crippen molar-refractivity contribution >= 4 is 50.0 Å². The van der Waals surface area contributed by atoms with Crippen molar-refractivity contribution in [1.82, 2.24) is 0 Å². The first-order chi connectivity index (χ1) is 24.0. The fourth-order valence-electron chi connectivity index (χ4n) is 7.27. The van der Waals surface area contributed by atoms with E-state index in [2.05, 4.69) is 191 Å². The summed E-state index contributed by atoms with van der Waals surface area (Å²) in [6.07, 6.45) is 0. The van der Waals surface area contributed by atoms with Crippen molar-refractivity contribution in [2.24, 2.45) is 0 Å². The van der Waals surface area contributed by atoms with E-state index in [9.17, 15) is 0 Å². The first-order valence-corrected chi connectivity index (χ1v) is 20.9. The molecular weight excluding hydrogens is 708 g/mol. The average Bonchev–Trinajstić information content (AvgIpc) is 3.77. The fraction of sp³-hybridized carbons (Fsp3) is 0.0612. The van der Waals surface area contributed by atoms with E-state index in [1.165, 1.54) is 116 Å². The first-order valence-electron chi connectivity index (χ1n) is 16.7. The van der Waals surface area contributed by atoms with Crippen LogP contribution in [-0.2, 0) is 23.3 Å². The number of aryl methyl sites for hydroxylation is 3. The molecule has 0 spiro atoms. The molecule has 0 unspecified atom stereocenters. The summed E-state index contributed by atoms with van der Waals surface area (Å²) < 4.78 is 0. The minimum absolute atomic E-state index is 0. The Morgan fingerprint density at radius 2 is 0.902 bits per heavy atom. The average molecular weight is 750 g/mol. The molecule has 2 radical (unpaired) electrons. The van der Waals surface area contributed by atoms with Crippen LogP contribution in [0.15, 0.2) is 164 Å². The third-order valence-electron chi connectivity index (χ3n) is 9.62.